The molecule has 0 aliphatic carbocycles. The molecule has 0 saturated carbocycles. The van der Waals surface area contributed by atoms with Crippen molar-refractivity contribution < 1.29 is 9.13 Å². The maximum atomic E-state index is 12.7. The largest absolute Gasteiger partial charge is 0.384 e. The van der Waals surface area contributed by atoms with Crippen LogP contribution in [0.2, 0.25) is 0 Å². The Morgan fingerprint density at radius 1 is 0.947 bits per heavy atom. The zero-order valence-electron chi connectivity index (χ0n) is 10.4. The summed E-state index contributed by atoms with van der Waals surface area (Å²) in [6, 6.07) is 13.6. The van der Waals surface area contributed by atoms with Gasteiger partial charge in [0.05, 0.1) is 13.2 Å². The fourth-order valence-electron chi connectivity index (χ4n) is 1.65. The zero-order chi connectivity index (χ0) is 13.7. The predicted octanol–water partition coefficient (Wildman–Crippen LogP) is 2.83. The third kappa shape index (κ3) is 3.89. The molecular formula is C15H15FN2O. The quantitative estimate of drug-likeness (QED) is 0.640. The third-order valence-corrected chi connectivity index (χ3v) is 2.72. The van der Waals surface area contributed by atoms with Crippen LogP contribution < -0.4 is 5.73 Å². The van der Waals surface area contributed by atoms with Crippen LogP contribution in [0, 0.1) is 11.2 Å². The van der Waals surface area contributed by atoms with E-state index in [-0.39, 0.29) is 11.7 Å². The number of nitrogens with two attached hydrogens (primary N) is 1. The van der Waals surface area contributed by atoms with Crippen molar-refractivity contribution in [3.63, 3.8) is 0 Å². The van der Waals surface area contributed by atoms with E-state index >= 15 is 0 Å². The average molecular weight is 258 g/mol. The van der Waals surface area contributed by atoms with Gasteiger partial charge in [0.25, 0.3) is 0 Å². The topological polar surface area (TPSA) is 59.1 Å². The van der Waals surface area contributed by atoms with Gasteiger partial charge in [0.1, 0.15) is 11.7 Å². The zero-order valence-corrected chi connectivity index (χ0v) is 10.4. The Morgan fingerprint density at radius 2 is 1.42 bits per heavy atom. The molecule has 0 unspecified atom stereocenters. The van der Waals surface area contributed by atoms with Crippen LogP contribution in [0.3, 0.4) is 0 Å². The minimum absolute atomic E-state index is 0.0544. The minimum atomic E-state index is -0.247. The molecule has 0 spiro atoms. The lowest BCUT2D eigenvalue weighted by molar-refractivity contribution is 0.107. The summed E-state index contributed by atoms with van der Waals surface area (Å²) in [4.78, 5) is 0. The molecule has 0 aliphatic rings. The second kappa shape index (κ2) is 6.11. The monoisotopic (exact) mass is 258 g/mol. The van der Waals surface area contributed by atoms with Crippen molar-refractivity contribution in [3.05, 3.63) is 71.0 Å². The molecule has 0 bridgehead atoms. The summed E-state index contributed by atoms with van der Waals surface area (Å²) in [5.41, 5.74) is 8.01. The number of rotatable bonds is 5. The lowest BCUT2D eigenvalue weighted by Crippen LogP contribution is -2.10. The lowest BCUT2D eigenvalue weighted by Gasteiger charge is -2.05. The molecule has 0 atom stereocenters. The summed E-state index contributed by atoms with van der Waals surface area (Å²) in [5, 5.41) is 7.29. The highest BCUT2D eigenvalue weighted by Gasteiger charge is 1.98. The van der Waals surface area contributed by atoms with Crippen LogP contribution in [0.1, 0.15) is 16.7 Å². The van der Waals surface area contributed by atoms with Crippen molar-refractivity contribution in [2.75, 3.05) is 0 Å². The van der Waals surface area contributed by atoms with Crippen molar-refractivity contribution in [1.29, 1.82) is 5.41 Å². The number of ether oxygens (including phenoxy) is 1. The predicted molar refractivity (Wildman–Crippen MR) is 72.4 cm³/mol. The van der Waals surface area contributed by atoms with Gasteiger partial charge in [-0.15, -0.1) is 0 Å². The van der Waals surface area contributed by atoms with Gasteiger partial charge in [0, 0.05) is 5.56 Å². The van der Waals surface area contributed by atoms with E-state index in [1.807, 2.05) is 12.1 Å². The molecule has 0 aromatic heterocycles. The van der Waals surface area contributed by atoms with Crippen LogP contribution in [0.5, 0.6) is 0 Å². The third-order valence-electron chi connectivity index (χ3n) is 2.72. The van der Waals surface area contributed by atoms with Crippen LogP contribution in [-0.4, -0.2) is 5.84 Å². The Morgan fingerprint density at radius 3 is 1.89 bits per heavy atom. The Labute approximate surface area is 111 Å². The molecule has 0 amide bonds. The van der Waals surface area contributed by atoms with Gasteiger partial charge in [-0.05, 0) is 23.3 Å². The number of nitrogens with one attached hydrogen (secondary N) is 1. The number of amidine groups is 1. The second-order valence-electron chi connectivity index (χ2n) is 4.23. The van der Waals surface area contributed by atoms with Crippen LogP contribution in [-0.2, 0) is 18.0 Å². The normalized spacial score (nSPS) is 10.4. The van der Waals surface area contributed by atoms with Crippen molar-refractivity contribution in [2.45, 2.75) is 13.2 Å². The van der Waals surface area contributed by atoms with Crippen LogP contribution in [0.4, 0.5) is 4.39 Å². The Hall–Kier alpha value is -2.20. The molecule has 19 heavy (non-hydrogen) atoms. The molecule has 98 valence electrons. The standard InChI is InChI=1S/C15H15FN2O/c16-14-7-3-12(4-8-14)10-19-9-11-1-5-13(6-2-11)15(17)18/h1-8H,9-10H2,(H3,17,18). The first kappa shape index (κ1) is 13.2. The molecule has 3 nitrogen and oxygen atoms in total. The molecule has 0 saturated heterocycles. The summed E-state index contributed by atoms with van der Waals surface area (Å²) in [7, 11) is 0. The molecule has 0 radical (unpaired) electrons. The highest BCUT2D eigenvalue weighted by molar-refractivity contribution is 5.94. The summed E-state index contributed by atoms with van der Waals surface area (Å²) < 4.78 is 18.2. The number of benzene rings is 2. The van der Waals surface area contributed by atoms with E-state index in [1.54, 1.807) is 24.3 Å². The van der Waals surface area contributed by atoms with Crippen LogP contribution in [0.25, 0.3) is 0 Å². The summed E-state index contributed by atoms with van der Waals surface area (Å²) >= 11 is 0. The van der Waals surface area contributed by atoms with Gasteiger partial charge in [-0.1, -0.05) is 36.4 Å². The first-order chi connectivity index (χ1) is 9.15. The van der Waals surface area contributed by atoms with Crippen LogP contribution in [0.15, 0.2) is 48.5 Å². The van der Waals surface area contributed by atoms with E-state index in [4.69, 9.17) is 15.9 Å². The summed E-state index contributed by atoms with van der Waals surface area (Å²) in [6.45, 7) is 0.907. The molecule has 3 N–H and O–H groups in total. The van der Waals surface area contributed by atoms with E-state index in [2.05, 4.69) is 0 Å². The van der Waals surface area contributed by atoms with Gasteiger partial charge >= 0.3 is 0 Å². The molecule has 2 aromatic rings. The van der Waals surface area contributed by atoms with Gasteiger partial charge in [-0.3, -0.25) is 5.41 Å². The molecular weight excluding hydrogens is 243 g/mol. The Balaban J connectivity index is 1.85. The first-order valence-corrected chi connectivity index (χ1v) is 5.90. The molecule has 2 aromatic carbocycles. The summed E-state index contributed by atoms with van der Waals surface area (Å²) in [5.74, 6) is -0.192. The van der Waals surface area contributed by atoms with Gasteiger partial charge in [-0.2, -0.15) is 0 Å². The van der Waals surface area contributed by atoms with E-state index in [0.29, 0.717) is 18.8 Å². The average Bonchev–Trinajstić information content (AvgIpc) is 2.41. The summed E-state index contributed by atoms with van der Waals surface area (Å²) in [6.07, 6.45) is 0. The van der Waals surface area contributed by atoms with Gasteiger partial charge in [0.15, 0.2) is 0 Å². The molecule has 4 heteroatoms. The number of hydrogen-bond donors (Lipinski definition) is 2. The molecule has 2 rings (SSSR count). The Bertz CT molecular complexity index is 549. The smallest absolute Gasteiger partial charge is 0.123 e. The highest BCUT2D eigenvalue weighted by Crippen LogP contribution is 2.08. The molecule has 0 aliphatic heterocycles. The van der Waals surface area contributed by atoms with E-state index in [1.165, 1.54) is 12.1 Å². The second-order valence-corrected chi connectivity index (χ2v) is 4.23. The van der Waals surface area contributed by atoms with Crippen LogP contribution >= 0.6 is 0 Å². The fraction of sp³-hybridized carbons (Fsp3) is 0.133. The van der Waals surface area contributed by atoms with Crippen molar-refractivity contribution in [1.82, 2.24) is 0 Å². The van der Waals surface area contributed by atoms with Gasteiger partial charge in [0.2, 0.25) is 0 Å². The van der Waals surface area contributed by atoms with Gasteiger partial charge in [-0.25, -0.2) is 4.39 Å². The SMILES string of the molecule is N=C(N)c1ccc(COCc2ccc(F)cc2)cc1. The number of halogens is 1. The number of hydrogen-bond acceptors (Lipinski definition) is 2. The fourth-order valence-corrected chi connectivity index (χ4v) is 1.65. The van der Waals surface area contributed by atoms with Crippen molar-refractivity contribution in [3.8, 4) is 0 Å². The lowest BCUT2D eigenvalue weighted by atomic mass is 10.1. The molecule has 0 heterocycles. The van der Waals surface area contributed by atoms with E-state index in [0.717, 1.165) is 11.1 Å². The van der Waals surface area contributed by atoms with Gasteiger partial charge < -0.3 is 10.5 Å². The highest BCUT2D eigenvalue weighted by atomic mass is 19.1. The van der Waals surface area contributed by atoms with E-state index in [9.17, 15) is 4.39 Å². The van der Waals surface area contributed by atoms with Crippen molar-refractivity contribution in [2.24, 2.45) is 5.73 Å². The van der Waals surface area contributed by atoms with Crippen molar-refractivity contribution >= 4 is 5.84 Å². The number of nitrogen functional groups attached to an aromatic ring is 1. The minimum Gasteiger partial charge on any atom is -0.384 e. The van der Waals surface area contributed by atoms with E-state index < -0.39 is 0 Å². The maximum absolute atomic E-state index is 12.7. The first-order valence-electron chi connectivity index (χ1n) is 5.90. The Kier molecular flexibility index (Phi) is 4.26. The maximum Gasteiger partial charge on any atom is 0.123 e. The molecule has 0 fully saturated rings.